The highest BCUT2D eigenvalue weighted by molar-refractivity contribution is 9.10. The summed E-state index contributed by atoms with van der Waals surface area (Å²) < 4.78 is 11.4. The third kappa shape index (κ3) is 3.56. The minimum atomic E-state index is -1.02. The van der Waals surface area contributed by atoms with Crippen molar-refractivity contribution >= 4 is 21.9 Å². The zero-order chi connectivity index (χ0) is 13.0. The summed E-state index contributed by atoms with van der Waals surface area (Å²) in [6.45, 7) is 0.100. The Morgan fingerprint density at radius 1 is 1.39 bits per heavy atom. The largest absolute Gasteiger partial charge is 0.484 e. The number of hydrogen-bond donors (Lipinski definition) is 1. The number of carboxylic acids is 1. The van der Waals surface area contributed by atoms with Crippen LogP contribution in [-0.2, 0) is 17.8 Å². The lowest BCUT2D eigenvalue weighted by atomic mass is 10.3. The summed E-state index contributed by atoms with van der Waals surface area (Å²) in [4.78, 5) is 10.4. The highest BCUT2D eigenvalue weighted by Crippen LogP contribution is 2.18. The monoisotopic (exact) mass is 312 g/mol. The molecule has 0 spiro atoms. The molecule has 0 aliphatic heterocycles. The zero-order valence-corrected chi connectivity index (χ0v) is 10.8. The van der Waals surface area contributed by atoms with Gasteiger partial charge in [0.05, 0.1) is 0 Å². The molecule has 0 saturated heterocycles. The molecule has 0 aliphatic carbocycles. The van der Waals surface area contributed by atoms with Crippen LogP contribution in [0.5, 0.6) is 5.75 Å². The molecule has 2 aromatic rings. The number of carboxylic acid groups (broad SMARTS) is 1. The van der Waals surface area contributed by atoms with Crippen LogP contribution >= 0.6 is 15.9 Å². The van der Waals surface area contributed by atoms with Crippen molar-refractivity contribution in [1.82, 2.24) is 10.2 Å². The molecule has 0 fully saturated rings. The molecular weight excluding hydrogens is 304 g/mol. The predicted octanol–water partition coefficient (Wildman–Crippen LogP) is 2.04. The number of benzene rings is 1. The highest BCUT2D eigenvalue weighted by atomic mass is 79.9. The van der Waals surface area contributed by atoms with Crippen LogP contribution < -0.4 is 4.74 Å². The first-order valence-electron chi connectivity index (χ1n) is 5.05. The van der Waals surface area contributed by atoms with Crippen molar-refractivity contribution in [1.29, 1.82) is 0 Å². The molecular formula is C11H9BrN2O4. The standard InChI is InChI=1S/C11H9BrN2O4/c12-7-2-1-3-8(4-7)17-6-10-14-13-9(18-10)5-11(15)16/h1-4H,5-6H2,(H,15,16). The van der Waals surface area contributed by atoms with E-state index in [0.29, 0.717) is 5.75 Å². The van der Waals surface area contributed by atoms with Crippen molar-refractivity contribution in [3.05, 3.63) is 40.5 Å². The van der Waals surface area contributed by atoms with Gasteiger partial charge >= 0.3 is 5.97 Å². The van der Waals surface area contributed by atoms with E-state index in [-0.39, 0.29) is 24.8 Å². The number of hydrogen-bond acceptors (Lipinski definition) is 5. The summed E-state index contributed by atoms with van der Waals surface area (Å²) in [5.41, 5.74) is 0. The van der Waals surface area contributed by atoms with Crippen LogP contribution in [0.2, 0.25) is 0 Å². The van der Waals surface area contributed by atoms with Crippen LogP contribution in [0.1, 0.15) is 11.8 Å². The Morgan fingerprint density at radius 3 is 2.89 bits per heavy atom. The number of aliphatic carboxylic acids is 1. The molecule has 18 heavy (non-hydrogen) atoms. The highest BCUT2D eigenvalue weighted by Gasteiger charge is 2.10. The maximum absolute atomic E-state index is 10.4. The first kappa shape index (κ1) is 12.6. The fourth-order valence-corrected chi connectivity index (χ4v) is 1.63. The lowest BCUT2D eigenvalue weighted by Gasteiger charge is -2.02. The number of carbonyl (C=O) groups is 1. The molecule has 2 rings (SSSR count). The first-order chi connectivity index (χ1) is 8.63. The Labute approximate surface area is 111 Å². The average Bonchev–Trinajstić information content (AvgIpc) is 2.73. The summed E-state index contributed by atoms with van der Waals surface area (Å²) in [7, 11) is 0. The van der Waals surface area contributed by atoms with Gasteiger partial charge in [-0.3, -0.25) is 4.79 Å². The fraction of sp³-hybridized carbons (Fsp3) is 0.182. The normalized spacial score (nSPS) is 10.3. The van der Waals surface area contributed by atoms with Crippen LogP contribution in [0.3, 0.4) is 0 Å². The maximum atomic E-state index is 10.4. The van der Waals surface area contributed by atoms with Crippen LogP contribution in [-0.4, -0.2) is 21.3 Å². The molecule has 6 nitrogen and oxygen atoms in total. The Bertz CT molecular complexity index is 555. The van der Waals surface area contributed by atoms with E-state index in [2.05, 4.69) is 26.1 Å². The molecule has 1 aromatic heterocycles. The smallest absolute Gasteiger partial charge is 0.312 e. The zero-order valence-electron chi connectivity index (χ0n) is 9.17. The molecule has 0 saturated carbocycles. The van der Waals surface area contributed by atoms with Crippen LogP contribution in [0.15, 0.2) is 33.2 Å². The van der Waals surface area contributed by atoms with E-state index in [1.165, 1.54) is 0 Å². The molecule has 94 valence electrons. The van der Waals surface area contributed by atoms with Crippen molar-refractivity contribution in [2.24, 2.45) is 0 Å². The topological polar surface area (TPSA) is 85.5 Å². The Hall–Kier alpha value is -1.89. The second-order valence-electron chi connectivity index (χ2n) is 3.41. The second-order valence-corrected chi connectivity index (χ2v) is 4.32. The number of halogens is 1. The van der Waals surface area contributed by atoms with Crippen molar-refractivity contribution in [3.63, 3.8) is 0 Å². The second kappa shape index (κ2) is 5.63. The summed E-state index contributed by atoms with van der Waals surface area (Å²) in [5.74, 6) is -0.0537. The Kier molecular flexibility index (Phi) is 3.93. The van der Waals surface area contributed by atoms with Gasteiger partial charge in [-0.2, -0.15) is 0 Å². The summed E-state index contributed by atoms with van der Waals surface area (Å²) in [6, 6.07) is 7.31. The molecule has 0 atom stereocenters. The minimum absolute atomic E-state index is 0.0651. The third-order valence-electron chi connectivity index (χ3n) is 1.97. The quantitative estimate of drug-likeness (QED) is 0.909. The van der Waals surface area contributed by atoms with E-state index < -0.39 is 5.97 Å². The Morgan fingerprint density at radius 2 is 2.17 bits per heavy atom. The fourth-order valence-electron chi connectivity index (χ4n) is 1.25. The van der Waals surface area contributed by atoms with Crippen molar-refractivity contribution < 1.29 is 19.1 Å². The Balaban J connectivity index is 1.94. The number of rotatable bonds is 5. The van der Waals surface area contributed by atoms with Gasteiger partial charge in [0.1, 0.15) is 12.2 Å². The van der Waals surface area contributed by atoms with Crippen molar-refractivity contribution in [3.8, 4) is 5.75 Å². The SMILES string of the molecule is O=C(O)Cc1nnc(COc2cccc(Br)c2)o1. The number of ether oxygens (including phenoxy) is 1. The van der Waals surface area contributed by atoms with Crippen molar-refractivity contribution in [2.75, 3.05) is 0 Å². The van der Waals surface area contributed by atoms with Gasteiger partial charge in [0, 0.05) is 4.47 Å². The van der Waals surface area contributed by atoms with Crippen LogP contribution in [0.25, 0.3) is 0 Å². The van der Waals surface area contributed by atoms with Gasteiger partial charge in [0.25, 0.3) is 5.89 Å². The third-order valence-corrected chi connectivity index (χ3v) is 2.46. The van der Waals surface area contributed by atoms with Gasteiger partial charge in [-0.05, 0) is 18.2 Å². The summed E-state index contributed by atoms with van der Waals surface area (Å²) in [6.07, 6.45) is -0.288. The molecule has 1 heterocycles. The predicted molar refractivity (Wildman–Crippen MR) is 64.1 cm³/mol. The van der Waals surface area contributed by atoms with E-state index in [4.69, 9.17) is 14.3 Å². The van der Waals surface area contributed by atoms with Gasteiger partial charge in [-0.15, -0.1) is 10.2 Å². The summed E-state index contributed by atoms with van der Waals surface area (Å²) in [5, 5.41) is 15.8. The number of nitrogens with zero attached hydrogens (tertiary/aromatic N) is 2. The van der Waals surface area contributed by atoms with E-state index in [1.807, 2.05) is 12.1 Å². The molecule has 0 amide bonds. The van der Waals surface area contributed by atoms with Crippen LogP contribution in [0.4, 0.5) is 0 Å². The maximum Gasteiger partial charge on any atom is 0.312 e. The molecule has 7 heteroatoms. The van der Waals surface area contributed by atoms with Gasteiger partial charge in [0.2, 0.25) is 5.89 Å². The lowest BCUT2D eigenvalue weighted by molar-refractivity contribution is -0.136. The van der Waals surface area contributed by atoms with E-state index >= 15 is 0 Å². The lowest BCUT2D eigenvalue weighted by Crippen LogP contribution is -1.99. The first-order valence-corrected chi connectivity index (χ1v) is 5.84. The van der Waals surface area contributed by atoms with Gasteiger partial charge < -0.3 is 14.3 Å². The molecule has 1 N–H and O–H groups in total. The molecule has 1 aromatic carbocycles. The molecule has 0 radical (unpaired) electrons. The number of aromatic nitrogens is 2. The van der Waals surface area contributed by atoms with E-state index in [1.54, 1.807) is 12.1 Å². The van der Waals surface area contributed by atoms with Gasteiger partial charge in [0.15, 0.2) is 6.61 Å². The average molecular weight is 313 g/mol. The summed E-state index contributed by atoms with van der Waals surface area (Å²) >= 11 is 3.32. The van der Waals surface area contributed by atoms with E-state index in [9.17, 15) is 4.79 Å². The molecule has 0 unspecified atom stereocenters. The molecule has 0 bridgehead atoms. The van der Waals surface area contributed by atoms with Gasteiger partial charge in [-0.1, -0.05) is 22.0 Å². The van der Waals surface area contributed by atoms with Crippen LogP contribution in [0, 0.1) is 0 Å². The molecule has 0 aliphatic rings. The van der Waals surface area contributed by atoms with Crippen molar-refractivity contribution in [2.45, 2.75) is 13.0 Å². The van der Waals surface area contributed by atoms with E-state index in [0.717, 1.165) is 4.47 Å². The minimum Gasteiger partial charge on any atom is -0.484 e. The van der Waals surface area contributed by atoms with Gasteiger partial charge in [-0.25, -0.2) is 0 Å².